The van der Waals surface area contributed by atoms with Gasteiger partial charge in [0, 0.05) is 24.3 Å². The van der Waals surface area contributed by atoms with E-state index >= 15 is 0 Å². The van der Waals surface area contributed by atoms with Crippen molar-refractivity contribution < 1.29 is 0 Å². The highest BCUT2D eigenvalue weighted by Gasteiger charge is 2.27. The van der Waals surface area contributed by atoms with E-state index in [-0.39, 0.29) is 0 Å². The highest BCUT2D eigenvalue weighted by atomic mass is 15.2. The highest BCUT2D eigenvalue weighted by Crippen LogP contribution is 2.30. The molecule has 0 heterocycles. The molecule has 2 nitrogen and oxygen atoms in total. The second kappa shape index (κ2) is 7.85. The van der Waals surface area contributed by atoms with Gasteiger partial charge in [-0.3, -0.25) is 0 Å². The van der Waals surface area contributed by atoms with E-state index in [2.05, 4.69) is 79.5 Å². The number of hydrogen-bond donors (Lipinski definition) is 1. The van der Waals surface area contributed by atoms with Crippen LogP contribution in [0.3, 0.4) is 0 Å². The summed E-state index contributed by atoms with van der Waals surface area (Å²) < 4.78 is 0. The van der Waals surface area contributed by atoms with Crippen molar-refractivity contribution in [2.24, 2.45) is 0 Å². The number of aryl methyl sites for hydroxylation is 1. The molecule has 1 aliphatic rings. The molecule has 0 aromatic heterocycles. The maximum atomic E-state index is 3.55. The predicted octanol–water partition coefficient (Wildman–Crippen LogP) is 4.36. The molecule has 0 spiro atoms. The van der Waals surface area contributed by atoms with Crippen LogP contribution in [0.1, 0.15) is 37.0 Å². The molecule has 0 aliphatic heterocycles. The van der Waals surface area contributed by atoms with Crippen LogP contribution in [-0.4, -0.2) is 25.2 Å². The topological polar surface area (TPSA) is 15.3 Å². The zero-order valence-corrected chi connectivity index (χ0v) is 15.3. The number of nitrogens with one attached hydrogen (secondary N) is 1. The highest BCUT2D eigenvalue weighted by molar-refractivity contribution is 5.55. The fourth-order valence-electron chi connectivity index (χ4n) is 3.92. The second-order valence-corrected chi connectivity index (χ2v) is 7.06. The van der Waals surface area contributed by atoms with Crippen LogP contribution in [0.2, 0.25) is 0 Å². The summed E-state index contributed by atoms with van der Waals surface area (Å²) >= 11 is 0. The molecule has 0 bridgehead atoms. The molecular formula is C22H30N2. The van der Waals surface area contributed by atoms with Crippen molar-refractivity contribution in [3.63, 3.8) is 0 Å². The normalized spacial score (nSPS) is 15.3. The maximum absolute atomic E-state index is 3.55. The van der Waals surface area contributed by atoms with Gasteiger partial charge >= 0.3 is 0 Å². The first-order valence-corrected chi connectivity index (χ1v) is 9.31. The Hall–Kier alpha value is -1.80. The summed E-state index contributed by atoms with van der Waals surface area (Å²) in [4.78, 5) is 2.66. The van der Waals surface area contributed by atoms with Gasteiger partial charge in [-0.1, -0.05) is 49.4 Å². The van der Waals surface area contributed by atoms with Crippen LogP contribution in [-0.2, 0) is 12.8 Å². The average Bonchev–Trinajstić information content (AvgIpc) is 3.00. The molecule has 2 aromatic carbocycles. The summed E-state index contributed by atoms with van der Waals surface area (Å²) in [6, 6.07) is 18.9. The van der Waals surface area contributed by atoms with Gasteiger partial charge in [0.25, 0.3) is 0 Å². The van der Waals surface area contributed by atoms with Crippen LogP contribution in [0.15, 0.2) is 48.5 Å². The molecule has 0 saturated carbocycles. The van der Waals surface area contributed by atoms with E-state index in [1.807, 2.05) is 0 Å². The Kier molecular flexibility index (Phi) is 5.57. The van der Waals surface area contributed by atoms with E-state index in [4.69, 9.17) is 0 Å². The molecular weight excluding hydrogens is 292 g/mol. The van der Waals surface area contributed by atoms with Gasteiger partial charge in [-0.2, -0.15) is 0 Å². The van der Waals surface area contributed by atoms with Crippen molar-refractivity contribution in [2.45, 2.75) is 52.1 Å². The molecule has 2 aromatic rings. The zero-order valence-electron chi connectivity index (χ0n) is 15.3. The molecule has 0 radical (unpaired) electrons. The Morgan fingerprint density at radius 1 is 1.04 bits per heavy atom. The molecule has 1 N–H and O–H groups in total. The maximum Gasteiger partial charge on any atom is 0.0398 e. The number of fused-ring (bicyclic) bond motifs is 1. The molecule has 1 atom stereocenters. The molecule has 1 unspecified atom stereocenters. The Bertz CT molecular complexity index is 640. The molecule has 3 rings (SSSR count). The Balaban J connectivity index is 1.79. The van der Waals surface area contributed by atoms with Crippen molar-refractivity contribution in [1.82, 2.24) is 5.32 Å². The van der Waals surface area contributed by atoms with Gasteiger partial charge in [0.2, 0.25) is 0 Å². The van der Waals surface area contributed by atoms with Crippen LogP contribution in [0, 0.1) is 6.92 Å². The van der Waals surface area contributed by atoms with Gasteiger partial charge < -0.3 is 10.2 Å². The third-order valence-electron chi connectivity index (χ3n) is 5.25. The van der Waals surface area contributed by atoms with Gasteiger partial charge in [-0.25, -0.2) is 0 Å². The molecule has 128 valence electrons. The van der Waals surface area contributed by atoms with Crippen molar-refractivity contribution in [3.05, 3.63) is 65.2 Å². The lowest BCUT2D eigenvalue weighted by atomic mass is 10.1. The molecule has 0 amide bonds. The summed E-state index contributed by atoms with van der Waals surface area (Å²) in [5, 5.41) is 3.55. The minimum atomic E-state index is 0.560. The first kappa shape index (κ1) is 17.0. The number of para-hydroxylation sites is 1. The lowest BCUT2D eigenvalue weighted by Crippen LogP contribution is -2.40. The lowest BCUT2D eigenvalue weighted by Gasteiger charge is -2.33. The number of benzene rings is 2. The van der Waals surface area contributed by atoms with Crippen molar-refractivity contribution in [2.75, 3.05) is 18.0 Å². The number of nitrogens with zero attached hydrogens (tertiary/aromatic N) is 1. The fraction of sp³-hybridized carbons (Fsp3) is 0.455. The summed E-state index contributed by atoms with van der Waals surface area (Å²) in [5.74, 6) is 0. The third kappa shape index (κ3) is 3.81. The van der Waals surface area contributed by atoms with E-state index in [9.17, 15) is 0 Å². The van der Waals surface area contributed by atoms with E-state index in [0.717, 1.165) is 13.1 Å². The SMILES string of the molecule is CCNC(C)CCN(c1ccccc1C)C1Cc2ccccc2C1. The van der Waals surface area contributed by atoms with Gasteiger partial charge in [0.05, 0.1) is 0 Å². The average molecular weight is 322 g/mol. The lowest BCUT2D eigenvalue weighted by molar-refractivity contribution is 0.504. The van der Waals surface area contributed by atoms with Crippen LogP contribution >= 0.6 is 0 Å². The van der Waals surface area contributed by atoms with Crippen molar-refractivity contribution >= 4 is 5.69 Å². The van der Waals surface area contributed by atoms with Gasteiger partial charge in [-0.15, -0.1) is 0 Å². The molecule has 1 aliphatic carbocycles. The van der Waals surface area contributed by atoms with Gasteiger partial charge in [-0.05, 0) is 62.4 Å². The Morgan fingerprint density at radius 3 is 2.29 bits per heavy atom. The largest absolute Gasteiger partial charge is 0.368 e. The molecule has 0 saturated heterocycles. The van der Waals surface area contributed by atoms with Crippen LogP contribution < -0.4 is 10.2 Å². The third-order valence-corrected chi connectivity index (χ3v) is 5.25. The minimum Gasteiger partial charge on any atom is -0.368 e. The Labute approximate surface area is 146 Å². The van der Waals surface area contributed by atoms with E-state index in [1.165, 1.54) is 41.6 Å². The van der Waals surface area contributed by atoms with E-state index < -0.39 is 0 Å². The zero-order chi connectivity index (χ0) is 16.9. The summed E-state index contributed by atoms with van der Waals surface area (Å²) in [6.07, 6.45) is 3.51. The van der Waals surface area contributed by atoms with Crippen LogP contribution in [0.5, 0.6) is 0 Å². The quantitative estimate of drug-likeness (QED) is 0.815. The minimum absolute atomic E-state index is 0.560. The van der Waals surface area contributed by atoms with Crippen molar-refractivity contribution in [3.8, 4) is 0 Å². The van der Waals surface area contributed by atoms with E-state index in [0.29, 0.717) is 12.1 Å². The standard InChI is InChI=1S/C22H30N2/c1-4-23-18(3)13-14-24(22-12-8-5-9-17(22)2)21-15-19-10-6-7-11-20(19)16-21/h5-12,18,21,23H,4,13-16H2,1-3H3. The van der Waals surface area contributed by atoms with Crippen LogP contribution in [0.25, 0.3) is 0 Å². The summed E-state index contributed by atoms with van der Waals surface area (Å²) in [7, 11) is 0. The number of hydrogen-bond acceptors (Lipinski definition) is 2. The van der Waals surface area contributed by atoms with Crippen molar-refractivity contribution in [1.29, 1.82) is 0 Å². The number of rotatable bonds is 7. The van der Waals surface area contributed by atoms with Gasteiger partial charge in [0.15, 0.2) is 0 Å². The molecule has 24 heavy (non-hydrogen) atoms. The molecule has 0 fully saturated rings. The Morgan fingerprint density at radius 2 is 1.67 bits per heavy atom. The summed E-state index contributed by atoms with van der Waals surface area (Å²) in [5.41, 5.74) is 5.84. The van der Waals surface area contributed by atoms with Gasteiger partial charge in [0.1, 0.15) is 0 Å². The first-order chi connectivity index (χ1) is 11.7. The number of anilines is 1. The second-order valence-electron chi connectivity index (χ2n) is 7.06. The van der Waals surface area contributed by atoms with Crippen LogP contribution in [0.4, 0.5) is 5.69 Å². The fourth-order valence-corrected chi connectivity index (χ4v) is 3.92. The summed E-state index contributed by atoms with van der Waals surface area (Å²) in [6.45, 7) is 8.86. The monoisotopic (exact) mass is 322 g/mol. The smallest absolute Gasteiger partial charge is 0.0398 e. The molecule has 2 heteroatoms. The van der Waals surface area contributed by atoms with E-state index in [1.54, 1.807) is 0 Å². The first-order valence-electron chi connectivity index (χ1n) is 9.31. The predicted molar refractivity (Wildman–Crippen MR) is 104 cm³/mol.